The van der Waals surface area contributed by atoms with Gasteiger partial charge in [-0.1, -0.05) is 0 Å². The molecule has 0 aliphatic heterocycles. The zero-order chi connectivity index (χ0) is 9.90. The lowest BCUT2D eigenvalue weighted by Crippen LogP contribution is -2.21. The van der Waals surface area contributed by atoms with Crippen molar-refractivity contribution in [3.8, 4) is 6.07 Å². The molecule has 1 N–H and O–H groups in total. The van der Waals surface area contributed by atoms with Crippen molar-refractivity contribution in [3.63, 3.8) is 0 Å². The molecule has 13 heavy (non-hydrogen) atoms. The summed E-state index contributed by atoms with van der Waals surface area (Å²) in [5, 5.41) is 18.1. The molecule has 0 saturated heterocycles. The van der Waals surface area contributed by atoms with Crippen molar-refractivity contribution in [2.75, 3.05) is 0 Å². The summed E-state index contributed by atoms with van der Waals surface area (Å²) < 4.78 is 12.5. The maximum absolute atomic E-state index is 12.5. The number of hydrogen-bond acceptors (Lipinski definition) is 3. The minimum Gasteiger partial charge on any atom is -0.383 e. The number of nitrogens with zero attached hydrogens (tertiary/aromatic N) is 2. The van der Waals surface area contributed by atoms with E-state index >= 15 is 0 Å². The van der Waals surface area contributed by atoms with Crippen molar-refractivity contribution in [2.45, 2.75) is 18.9 Å². The third-order valence-corrected chi connectivity index (χ3v) is 1.70. The van der Waals surface area contributed by atoms with Crippen LogP contribution in [0.2, 0.25) is 0 Å². The molecule has 0 amide bonds. The van der Waals surface area contributed by atoms with Gasteiger partial charge >= 0.3 is 0 Å². The third-order valence-electron chi connectivity index (χ3n) is 1.70. The molecule has 4 heteroatoms. The highest BCUT2D eigenvalue weighted by molar-refractivity contribution is 5.14. The maximum Gasteiger partial charge on any atom is 0.141 e. The molecule has 0 aromatic carbocycles. The summed E-state index contributed by atoms with van der Waals surface area (Å²) in [6.07, 6.45) is 0.951. The first kappa shape index (κ1) is 9.62. The van der Waals surface area contributed by atoms with E-state index in [9.17, 15) is 9.50 Å². The summed E-state index contributed by atoms with van der Waals surface area (Å²) in [5.41, 5.74) is -1.00. The average molecular weight is 180 g/mol. The minimum absolute atomic E-state index is 0.0639. The number of aliphatic hydroxyl groups is 1. The second kappa shape index (κ2) is 3.50. The first-order valence-electron chi connectivity index (χ1n) is 3.77. The van der Waals surface area contributed by atoms with Crippen molar-refractivity contribution >= 4 is 0 Å². The maximum atomic E-state index is 12.5. The molecule has 0 bridgehead atoms. The highest BCUT2D eigenvalue weighted by Crippen LogP contribution is 2.21. The van der Waals surface area contributed by atoms with E-state index < -0.39 is 11.4 Å². The van der Waals surface area contributed by atoms with Gasteiger partial charge in [-0.05, 0) is 19.1 Å². The number of nitriles is 1. The van der Waals surface area contributed by atoms with Gasteiger partial charge in [-0.15, -0.1) is 0 Å². The summed E-state index contributed by atoms with van der Waals surface area (Å²) >= 11 is 0. The lowest BCUT2D eigenvalue weighted by Gasteiger charge is -2.18. The summed E-state index contributed by atoms with van der Waals surface area (Å²) in [6.45, 7) is 1.47. The fraction of sp³-hybridized carbons (Fsp3) is 0.333. The molecular formula is C9H9FN2O. The average Bonchev–Trinajstić information content (AvgIpc) is 2.05. The van der Waals surface area contributed by atoms with Gasteiger partial charge in [-0.3, -0.25) is 4.98 Å². The molecule has 1 aromatic rings. The second-order valence-corrected chi connectivity index (χ2v) is 2.97. The van der Waals surface area contributed by atoms with E-state index in [-0.39, 0.29) is 6.42 Å². The van der Waals surface area contributed by atoms with Crippen molar-refractivity contribution in [2.24, 2.45) is 0 Å². The van der Waals surface area contributed by atoms with Gasteiger partial charge in [0.05, 0.1) is 24.4 Å². The van der Waals surface area contributed by atoms with Gasteiger partial charge in [0.1, 0.15) is 11.4 Å². The quantitative estimate of drug-likeness (QED) is 0.747. The molecule has 0 spiro atoms. The van der Waals surface area contributed by atoms with Gasteiger partial charge in [-0.25, -0.2) is 4.39 Å². The van der Waals surface area contributed by atoms with Crippen molar-refractivity contribution < 1.29 is 9.50 Å². The van der Waals surface area contributed by atoms with Crippen LogP contribution in [0.25, 0.3) is 0 Å². The van der Waals surface area contributed by atoms with Crippen LogP contribution in [0.15, 0.2) is 18.3 Å². The fourth-order valence-electron chi connectivity index (χ4n) is 0.939. The molecule has 0 aliphatic carbocycles. The zero-order valence-corrected chi connectivity index (χ0v) is 7.16. The van der Waals surface area contributed by atoms with Crippen LogP contribution in [-0.4, -0.2) is 10.1 Å². The predicted octanol–water partition coefficient (Wildman–Crippen LogP) is 1.34. The van der Waals surface area contributed by atoms with Gasteiger partial charge in [0.2, 0.25) is 0 Å². The lowest BCUT2D eigenvalue weighted by atomic mass is 9.98. The summed E-state index contributed by atoms with van der Waals surface area (Å²) in [7, 11) is 0. The molecule has 1 atom stereocenters. The van der Waals surface area contributed by atoms with E-state index in [1.807, 2.05) is 6.07 Å². The van der Waals surface area contributed by atoms with Crippen LogP contribution in [-0.2, 0) is 5.60 Å². The fourth-order valence-corrected chi connectivity index (χ4v) is 0.939. The molecule has 0 fully saturated rings. The van der Waals surface area contributed by atoms with Crippen molar-refractivity contribution in [1.82, 2.24) is 4.98 Å². The molecule has 0 saturated carbocycles. The normalized spacial score (nSPS) is 14.6. The van der Waals surface area contributed by atoms with Crippen LogP contribution >= 0.6 is 0 Å². The number of pyridine rings is 1. The molecule has 3 nitrogen and oxygen atoms in total. The van der Waals surface area contributed by atoms with Gasteiger partial charge in [0.25, 0.3) is 0 Å². The van der Waals surface area contributed by atoms with Gasteiger partial charge < -0.3 is 5.11 Å². The van der Waals surface area contributed by atoms with Crippen LogP contribution in [0.5, 0.6) is 0 Å². The Morgan fingerprint density at radius 1 is 1.69 bits per heavy atom. The van der Waals surface area contributed by atoms with E-state index in [1.54, 1.807) is 0 Å². The van der Waals surface area contributed by atoms with E-state index in [4.69, 9.17) is 5.26 Å². The Kier molecular flexibility index (Phi) is 2.59. The topological polar surface area (TPSA) is 56.9 Å². The van der Waals surface area contributed by atoms with Gasteiger partial charge in [-0.2, -0.15) is 5.26 Å². The van der Waals surface area contributed by atoms with Gasteiger partial charge in [0.15, 0.2) is 0 Å². The number of hydrogen-bond donors (Lipinski definition) is 1. The van der Waals surface area contributed by atoms with E-state index in [1.165, 1.54) is 19.1 Å². The van der Waals surface area contributed by atoms with Crippen LogP contribution < -0.4 is 0 Å². The van der Waals surface area contributed by atoms with Crippen molar-refractivity contribution in [1.29, 1.82) is 5.26 Å². The molecule has 1 rings (SSSR count). The Morgan fingerprint density at radius 2 is 2.38 bits per heavy atom. The Balaban J connectivity index is 2.95. The molecule has 68 valence electrons. The molecule has 0 aliphatic rings. The van der Waals surface area contributed by atoms with Crippen LogP contribution in [0.3, 0.4) is 0 Å². The summed E-state index contributed by atoms with van der Waals surface area (Å²) in [5.74, 6) is -0.462. The molecule has 1 unspecified atom stereocenters. The van der Waals surface area contributed by atoms with Gasteiger partial charge in [0, 0.05) is 0 Å². The lowest BCUT2D eigenvalue weighted by molar-refractivity contribution is 0.0577. The summed E-state index contributed by atoms with van der Waals surface area (Å²) in [6, 6.07) is 4.41. The van der Waals surface area contributed by atoms with Crippen LogP contribution in [0.1, 0.15) is 19.0 Å². The van der Waals surface area contributed by atoms with Crippen LogP contribution in [0, 0.1) is 17.1 Å². The standard InChI is InChI=1S/C9H9FN2O/c1-9(13,4-5-11)8-3-2-7(10)6-12-8/h2-3,6,13H,4H2,1H3. The number of halogens is 1. The van der Waals surface area contributed by atoms with Crippen LogP contribution in [0.4, 0.5) is 4.39 Å². The van der Waals surface area contributed by atoms with E-state index in [2.05, 4.69) is 4.98 Å². The first-order valence-corrected chi connectivity index (χ1v) is 3.77. The molecular weight excluding hydrogens is 171 g/mol. The molecule has 1 heterocycles. The number of rotatable bonds is 2. The smallest absolute Gasteiger partial charge is 0.141 e. The highest BCUT2D eigenvalue weighted by atomic mass is 19.1. The number of aromatic nitrogens is 1. The SMILES string of the molecule is CC(O)(CC#N)c1ccc(F)cn1. The Morgan fingerprint density at radius 3 is 2.85 bits per heavy atom. The Bertz CT molecular complexity index is 326. The summed E-state index contributed by atoms with van der Waals surface area (Å²) in [4.78, 5) is 3.69. The highest BCUT2D eigenvalue weighted by Gasteiger charge is 2.23. The monoisotopic (exact) mass is 180 g/mol. The Hall–Kier alpha value is -1.47. The predicted molar refractivity (Wildman–Crippen MR) is 44.0 cm³/mol. The molecule has 1 aromatic heterocycles. The zero-order valence-electron chi connectivity index (χ0n) is 7.16. The third kappa shape index (κ3) is 2.23. The van der Waals surface area contributed by atoms with Crippen molar-refractivity contribution in [3.05, 3.63) is 29.8 Å². The first-order chi connectivity index (χ1) is 6.06. The molecule has 0 radical (unpaired) electrons. The minimum atomic E-state index is -1.30. The van der Waals surface area contributed by atoms with E-state index in [0.29, 0.717) is 5.69 Å². The second-order valence-electron chi connectivity index (χ2n) is 2.97. The Labute approximate surface area is 75.5 Å². The largest absolute Gasteiger partial charge is 0.383 e. The van der Waals surface area contributed by atoms with E-state index in [0.717, 1.165) is 6.20 Å².